The van der Waals surface area contributed by atoms with E-state index < -0.39 is 4.92 Å². The number of piperazine rings is 1. The number of non-ortho nitro benzene ring substituents is 1. The standard InChI is InChI=1S/C25H24N4O4/c30-25(27-12-10-26(11-13-27)17-19-5-2-1-3-6-19)23-16-24-22(9-14-33-24)28(23)18-20-7-4-8-21(15-20)29(31)32/h1-9,14-16H,10-13,17-18H2. The summed E-state index contributed by atoms with van der Waals surface area (Å²) in [5.41, 5.74) is 4.02. The maximum Gasteiger partial charge on any atom is 0.270 e. The third-order valence-electron chi connectivity index (χ3n) is 6.11. The fourth-order valence-electron chi connectivity index (χ4n) is 4.39. The van der Waals surface area contributed by atoms with Crippen molar-refractivity contribution in [2.45, 2.75) is 13.1 Å². The zero-order valence-corrected chi connectivity index (χ0v) is 18.1. The molecule has 0 saturated carbocycles. The zero-order valence-electron chi connectivity index (χ0n) is 18.1. The molecule has 0 aliphatic carbocycles. The van der Waals surface area contributed by atoms with Crippen molar-refractivity contribution in [2.75, 3.05) is 26.2 Å². The van der Waals surface area contributed by atoms with Crippen LogP contribution >= 0.6 is 0 Å². The summed E-state index contributed by atoms with van der Waals surface area (Å²) in [6.45, 7) is 4.13. The Kier molecular flexibility index (Phi) is 5.66. The Bertz CT molecular complexity index is 1290. The van der Waals surface area contributed by atoms with Crippen molar-refractivity contribution < 1.29 is 14.1 Å². The maximum atomic E-state index is 13.5. The number of furan rings is 1. The highest BCUT2D eigenvalue weighted by Crippen LogP contribution is 2.25. The van der Waals surface area contributed by atoms with Crippen LogP contribution < -0.4 is 0 Å². The first-order chi connectivity index (χ1) is 16.1. The second-order valence-electron chi connectivity index (χ2n) is 8.27. The van der Waals surface area contributed by atoms with Gasteiger partial charge in [-0.25, -0.2) is 0 Å². The van der Waals surface area contributed by atoms with Crippen molar-refractivity contribution in [1.82, 2.24) is 14.4 Å². The van der Waals surface area contributed by atoms with E-state index in [9.17, 15) is 14.9 Å². The molecule has 168 valence electrons. The van der Waals surface area contributed by atoms with E-state index >= 15 is 0 Å². The van der Waals surface area contributed by atoms with Crippen LogP contribution in [-0.4, -0.2) is 51.4 Å². The summed E-state index contributed by atoms with van der Waals surface area (Å²) in [5, 5.41) is 11.2. The Morgan fingerprint density at radius 2 is 1.67 bits per heavy atom. The molecule has 0 radical (unpaired) electrons. The number of hydrogen-bond acceptors (Lipinski definition) is 5. The van der Waals surface area contributed by atoms with E-state index in [1.165, 1.54) is 11.6 Å². The van der Waals surface area contributed by atoms with Crippen LogP contribution in [0.4, 0.5) is 5.69 Å². The minimum Gasteiger partial charge on any atom is -0.463 e. The van der Waals surface area contributed by atoms with E-state index in [2.05, 4.69) is 17.0 Å². The highest BCUT2D eigenvalue weighted by atomic mass is 16.6. The van der Waals surface area contributed by atoms with E-state index in [4.69, 9.17) is 4.42 Å². The fourth-order valence-corrected chi connectivity index (χ4v) is 4.39. The number of benzene rings is 2. The number of carbonyl (C=O) groups is 1. The molecule has 0 unspecified atom stereocenters. The quantitative estimate of drug-likeness (QED) is 0.330. The van der Waals surface area contributed by atoms with Gasteiger partial charge in [0.15, 0.2) is 5.58 Å². The van der Waals surface area contributed by atoms with E-state index in [-0.39, 0.29) is 11.6 Å². The minimum atomic E-state index is -0.409. The fraction of sp³-hybridized carbons (Fsp3) is 0.240. The van der Waals surface area contributed by atoms with Gasteiger partial charge in [0.25, 0.3) is 11.6 Å². The van der Waals surface area contributed by atoms with Gasteiger partial charge in [0.1, 0.15) is 5.69 Å². The van der Waals surface area contributed by atoms with Gasteiger partial charge in [0, 0.05) is 63.5 Å². The molecule has 4 aromatic rings. The lowest BCUT2D eigenvalue weighted by atomic mass is 10.2. The summed E-state index contributed by atoms with van der Waals surface area (Å²) in [5.74, 6) is -0.0498. The Hall–Kier alpha value is -3.91. The Balaban J connectivity index is 1.34. The summed E-state index contributed by atoms with van der Waals surface area (Å²) in [4.78, 5) is 28.4. The lowest BCUT2D eigenvalue weighted by Crippen LogP contribution is -2.48. The molecular formula is C25H24N4O4. The SMILES string of the molecule is O=C(c1cc2occc2n1Cc1cccc([N+](=O)[O-])c1)N1CCN(Cc2ccccc2)CC1. The van der Waals surface area contributed by atoms with E-state index in [0.29, 0.717) is 30.9 Å². The lowest BCUT2D eigenvalue weighted by Gasteiger charge is -2.35. The molecule has 1 amide bonds. The van der Waals surface area contributed by atoms with Gasteiger partial charge >= 0.3 is 0 Å². The number of amides is 1. The van der Waals surface area contributed by atoms with Crippen LogP contribution in [0.1, 0.15) is 21.6 Å². The Labute approximate surface area is 190 Å². The molecule has 2 aromatic heterocycles. The second kappa shape index (κ2) is 8.91. The lowest BCUT2D eigenvalue weighted by molar-refractivity contribution is -0.384. The van der Waals surface area contributed by atoms with E-state index in [1.807, 2.05) is 39.8 Å². The number of fused-ring (bicyclic) bond motifs is 1. The van der Waals surface area contributed by atoms with Gasteiger partial charge in [-0.15, -0.1) is 0 Å². The number of nitrogens with zero attached hydrogens (tertiary/aromatic N) is 4. The number of aromatic nitrogens is 1. The van der Waals surface area contributed by atoms with Gasteiger partial charge in [0.05, 0.1) is 16.7 Å². The molecule has 0 bridgehead atoms. The first-order valence-corrected chi connectivity index (χ1v) is 10.9. The topological polar surface area (TPSA) is 84.8 Å². The first kappa shape index (κ1) is 21.0. The van der Waals surface area contributed by atoms with Gasteiger partial charge in [-0.1, -0.05) is 42.5 Å². The average Bonchev–Trinajstić information content (AvgIpc) is 3.43. The summed E-state index contributed by atoms with van der Waals surface area (Å²) < 4.78 is 7.44. The number of nitro benzene ring substituents is 1. The van der Waals surface area contributed by atoms with Crippen molar-refractivity contribution in [3.63, 3.8) is 0 Å². The molecule has 0 N–H and O–H groups in total. The van der Waals surface area contributed by atoms with Gasteiger partial charge in [-0.3, -0.25) is 19.8 Å². The molecule has 8 nitrogen and oxygen atoms in total. The van der Waals surface area contributed by atoms with Crippen molar-refractivity contribution in [1.29, 1.82) is 0 Å². The van der Waals surface area contributed by atoms with Crippen LogP contribution in [0.15, 0.2) is 77.4 Å². The third kappa shape index (κ3) is 4.38. The van der Waals surface area contributed by atoms with Crippen LogP contribution in [-0.2, 0) is 13.1 Å². The largest absolute Gasteiger partial charge is 0.463 e. The smallest absolute Gasteiger partial charge is 0.270 e. The molecule has 0 spiro atoms. The average molecular weight is 444 g/mol. The monoisotopic (exact) mass is 444 g/mol. The third-order valence-corrected chi connectivity index (χ3v) is 6.11. The second-order valence-corrected chi connectivity index (χ2v) is 8.27. The number of rotatable bonds is 6. The van der Waals surface area contributed by atoms with Gasteiger partial charge < -0.3 is 13.9 Å². The van der Waals surface area contributed by atoms with E-state index in [1.54, 1.807) is 24.5 Å². The van der Waals surface area contributed by atoms with Crippen LogP contribution in [0.2, 0.25) is 0 Å². The van der Waals surface area contributed by atoms with Gasteiger partial charge in [0.2, 0.25) is 0 Å². The first-order valence-electron chi connectivity index (χ1n) is 10.9. The van der Waals surface area contributed by atoms with Crippen LogP contribution in [0.5, 0.6) is 0 Å². The predicted molar refractivity (Wildman–Crippen MR) is 124 cm³/mol. The predicted octanol–water partition coefficient (Wildman–Crippen LogP) is 4.15. The number of hydrogen-bond donors (Lipinski definition) is 0. The molecule has 1 aliphatic heterocycles. The molecule has 0 atom stereocenters. The van der Waals surface area contributed by atoms with Crippen LogP contribution in [0.25, 0.3) is 11.1 Å². The zero-order chi connectivity index (χ0) is 22.8. The van der Waals surface area contributed by atoms with Crippen LogP contribution in [0.3, 0.4) is 0 Å². The van der Waals surface area contributed by atoms with Crippen molar-refractivity contribution in [3.8, 4) is 0 Å². The molecule has 8 heteroatoms. The molecule has 33 heavy (non-hydrogen) atoms. The summed E-state index contributed by atoms with van der Waals surface area (Å²) in [6, 6.07) is 20.4. The Morgan fingerprint density at radius 3 is 2.42 bits per heavy atom. The molecule has 1 saturated heterocycles. The van der Waals surface area contributed by atoms with Crippen LogP contribution in [0, 0.1) is 10.1 Å². The number of nitro groups is 1. The van der Waals surface area contributed by atoms with Crippen molar-refractivity contribution in [3.05, 3.63) is 99.9 Å². The molecule has 2 aromatic carbocycles. The van der Waals surface area contributed by atoms with Gasteiger partial charge in [-0.05, 0) is 11.1 Å². The maximum absolute atomic E-state index is 13.5. The summed E-state index contributed by atoms with van der Waals surface area (Å²) >= 11 is 0. The highest BCUT2D eigenvalue weighted by molar-refractivity contribution is 5.97. The summed E-state index contributed by atoms with van der Waals surface area (Å²) in [6.07, 6.45) is 1.59. The summed E-state index contributed by atoms with van der Waals surface area (Å²) in [7, 11) is 0. The Morgan fingerprint density at radius 1 is 0.909 bits per heavy atom. The number of carbonyl (C=O) groups excluding carboxylic acids is 1. The molecule has 3 heterocycles. The highest BCUT2D eigenvalue weighted by Gasteiger charge is 2.26. The normalized spacial score (nSPS) is 14.6. The molecular weight excluding hydrogens is 420 g/mol. The van der Waals surface area contributed by atoms with E-state index in [0.717, 1.165) is 30.7 Å². The minimum absolute atomic E-state index is 0.0329. The van der Waals surface area contributed by atoms with Crippen molar-refractivity contribution >= 4 is 22.7 Å². The van der Waals surface area contributed by atoms with Crippen molar-refractivity contribution in [2.24, 2.45) is 0 Å². The molecule has 1 aliphatic rings. The molecule has 1 fully saturated rings. The van der Waals surface area contributed by atoms with Gasteiger partial charge in [-0.2, -0.15) is 0 Å². The molecule has 5 rings (SSSR count).